The number of halogens is 1. The zero-order valence-electron chi connectivity index (χ0n) is 16.4. The van der Waals surface area contributed by atoms with Gasteiger partial charge in [-0.3, -0.25) is 9.62 Å². The summed E-state index contributed by atoms with van der Waals surface area (Å²) in [6, 6.07) is 3.21. The van der Waals surface area contributed by atoms with E-state index in [1.54, 1.807) is 0 Å². The van der Waals surface area contributed by atoms with Gasteiger partial charge >= 0.3 is 0 Å². The first-order valence-corrected chi connectivity index (χ1v) is 12.0. The van der Waals surface area contributed by atoms with E-state index in [0.717, 1.165) is 45.3 Å². The van der Waals surface area contributed by atoms with Crippen LogP contribution >= 0.6 is 11.9 Å². The topological polar surface area (TPSA) is 65.1 Å². The van der Waals surface area contributed by atoms with Gasteiger partial charge in [0.25, 0.3) is 0 Å². The molecule has 0 aromatic heterocycles. The Morgan fingerprint density at radius 1 is 1.07 bits per heavy atom. The SMILES string of the molecule is N#CC1CCC(C2CCCC(N3CCC(N)CC3)C2C2CCNS2)CC1F. The molecule has 2 aliphatic heterocycles. The summed E-state index contributed by atoms with van der Waals surface area (Å²) in [5, 5.41) is 9.85. The molecule has 4 aliphatic rings. The maximum atomic E-state index is 14.6. The summed E-state index contributed by atoms with van der Waals surface area (Å²) in [7, 11) is 0. The number of rotatable bonds is 3. The van der Waals surface area contributed by atoms with Crippen LogP contribution in [0.15, 0.2) is 0 Å². The van der Waals surface area contributed by atoms with Crippen molar-refractivity contribution < 1.29 is 4.39 Å². The van der Waals surface area contributed by atoms with Crippen LogP contribution in [0.2, 0.25) is 0 Å². The Balaban J connectivity index is 1.51. The summed E-state index contributed by atoms with van der Waals surface area (Å²) >= 11 is 1.94. The average Bonchev–Trinajstić information content (AvgIpc) is 3.22. The van der Waals surface area contributed by atoms with Crippen LogP contribution in [0.25, 0.3) is 0 Å². The second-order valence-electron chi connectivity index (χ2n) is 9.28. The number of likely N-dealkylation sites (tertiary alicyclic amines) is 1. The summed E-state index contributed by atoms with van der Waals surface area (Å²) in [6.45, 7) is 3.36. The van der Waals surface area contributed by atoms with Crippen LogP contribution < -0.4 is 10.5 Å². The molecule has 6 heteroatoms. The largest absolute Gasteiger partial charge is 0.328 e. The maximum Gasteiger partial charge on any atom is 0.116 e. The van der Waals surface area contributed by atoms with E-state index >= 15 is 0 Å². The Morgan fingerprint density at radius 2 is 1.89 bits per heavy atom. The number of hydrogen-bond donors (Lipinski definition) is 2. The third-order valence-electron chi connectivity index (χ3n) is 7.80. The van der Waals surface area contributed by atoms with E-state index in [4.69, 9.17) is 5.73 Å². The molecule has 0 spiro atoms. The van der Waals surface area contributed by atoms with Crippen LogP contribution in [0.3, 0.4) is 0 Å². The number of piperidine rings is 1. The van der Waals surface area contributed by atoms with Crippen molar-refractivity contribution in [2.45, 2.75) is 81.3 Å². The van der Waals surface area contributed by atoms with Gasteiger partial charge < -0.3 is 5.73 Å². The Labute approximate surface area is 167 Å². The van der Waals surface area contributed by atoms with Crippen molar-refractivity contribution in [3.05, 3.63) is 0 Å². The van der Waals surface area contributed by atoms with Crippen LogP contribution in [0.5, 0.6) is 0 Å². The highest BCUT2D eigenvalue weighted by molar-refractivity contribution is 7.98. The summed E-state index contributed by atoms with van der Waals surface area (Å²) < 4.78 is 18.1. The van der Waals surface area contributed by atoms with Gasteiger partial charge in [0.15, 0.2) is 0 Å². The summed E-state index contributed by atoms with van der Waals surface area (Å²) in [5.74, 6) is 1.37. The number of nitrogens with zero attached hydrogens (tertiary/aromatic N) is 2. The lowest BCUT2D eigenvalue weighted by Gasteiger charge is -2.51. The second kappa shape index (κ2) is 8.98. The fourth-order valence-corrected chi connectivity index (χ4v) is 7.59. The summed E-state index contributed by atoms with van der Waals surface area (Å²) in [5.41, 5.74) is 6.16. The number of hydrogen-bond acceptors (Lipinski definition) is 5. The van der Waals surface area contributed by atoms with E-state index < -0.39 is 6.17 Å². The summed E-state index contributed by atoms with van der Waals surface area (Å²) in [6.07, 6.45) is 8.77. The van der Waals surface area contributed by atoms with E-state index in [0.29, 0.717) is 41.5 Å². The van der Waals surface area contributed by atoms with Crippen molar-refractivity contribution in [2.75, 3.05) is 19.6 Å². The third-order valence-corrected chi connectivity index (χ3v) is 9.02. The van der Waals surface area contributed by atoms with E-state index in [1.165, 1.54) is 25.7 Å². The molecule has 2 saturated heterocycles. The predicted molar refractivity (Wildman–Crippen MR) is 109 cm³/mol. The van der Waals surface area contributed by atoms with Gasteiger partial charge in [-0.15, -0.1) is 0 Å². The fourth-order valence-electron chi connectivity index (χ4n) is 6.36. The molecule has 7 atom stereocenters. The Kier molecular flexibility index (Phi) is 6.64. The van der Waals surface area contributed by atoms with Crippen molar-refractivity contribution in [2.24, 2.45) is 29.4 Å². The fraction of sp³-hybridized carbons (Fsp3) is 0.952. The molecule has 27 heavy (non-hydrogen) atoms. The predicted octanol–water partition coefficient (Wildman–Crippen LogP) is 3.48. The van der Waals surface area contributed by atoms with Gasteiger partial charge in [0, 0.05) is 23.9 Å². The van der Waals surface area contributed by atoms with Crippen molar-refractivity contribution in [1.29, 1.82) is 5.26 Å². The quantitative estimate of drug-likeness (QED) is 0.718. The number of nitrogens with one attached hydrogen (secondary N) is 1. The first-order chi connectivity index (χ1) is 13.2. The number of nitriles is 1. The van der Waals surface area contributed by atoms with E-state index in [1.807, 2.05) is 11.9 Å². The lowest BCUT2D eigenvalue weighted by atomic mass is 9.63. The van der Waals surface area contributed by atoms with Crippen LogP contribution in [0.4, 0.5) is 4.39 Å². The molecule has 0 radical (unpaired) electrons. The third kappa shape index (κ3) is 4.32. The lowest BCUT2D eigenvalue weighted by Crippen LogP contribution is -2.54. The highest BCUT2D eigenvalue weighted by atomic mass is 32.2. The second-order valence-corrected chi connectivity index (χ2v) is 10.4. The standard InChI is InChI=1S/C21H35FN4S/c22-18-12-14(4-5-15(18)13-23)17-2-1-3-19(21(17)20-6-9-25-27-20)26-10-7-16(24)8-11-26/h14-21,25H,1-12,24H2. The molecular formula is C21H35FN4S. The van der Waals surface area contributed by atoms with Crippen molar-refractivity contribution in [3.63, 3.8) is 0 Å². The molecule has 7 unspecified atom stereocenters. The van der Waals surface area contributed by atoms with Crippen LogP contribution in [-0.2, 0) is 0 Å². The number of nitrogens with two attached hydrogens (primary N) is 1. The summed E-state index contributed by atoms with van der Waals surface area (Å²) in [4.78, 5) is 2.73. The molecule has 4 fully saturated rings. The van der Waals surface area contributed by atoms with Gasteiger partial charge in [-0.05, 0) is 82.2 Å². The van der Waals surface area contributed by atoms with Crippen molar-refractivity contribution >= 4 is 11.9 Å². The maximum absolute atomic E-state index is 14.6. The molecule has 0 bridgehead atoms. The smallest absolute Gasteiger partial charge is 0.116 e. The lowest BCUT2D eigenvalue weighted by molar-refractivity contribution is 0.00500. The Hall–Kier alpha value is -0.350. The number of alkyl halides is 1. The van der Waals surface area contributed by atoms with E-state index in [-0.39, 0.29) is 5.92 Å². The van der Waals surface area contributed by atoms with Crippen LogP contribution in [0, 0.1) is 35.0 Å². The first kappa shape index (κ1) is 19.9. The molecular weight excluding hydrogens is 359 g/mol. The monoisotopic (exact) mass is 394 g/mol. The minimum Gasteiger partial charge on any atom is -0.328 e. The molecule has 4 rings (SSSR count). The Morgan fingerprint density at radius 3 is 2.56 bits per heavy atom. The molecule has 3 N–H and O–H groups in total. The molecule has 0 amide bonds. The highest BCUT2D eigenvalue weighted by Crippen LogP contribution is 2.49. The normalized spacial score (nSPS) is 44.9. The Bertz CT molecular complexity index is 527. The van der Waals surface area contributed by atoms with Gasteiger partial charge in [0.2, 0.25) is 0 Å². The highest BCUT2D eigenvalue weighted by Gasteiger charge is 2.47. The van der Waals surface area contributed by atoms with Crippen LogP contribution in [-0.4, -0.2) is 48.0 Å². The zero-order valence-corrected chi connectivity index (χ0v) is 17.2. The minimum atomic E-state index is -0.919. The van der Waals surface area contributed by atoms with Crippen molar-refractivity contribution in [3.8, 4) is 6.07 Å². The van der Waals surface area contributed by atoms with Gasteiger partial charge in [0.1, 0.15) is 6.17 Å². The molecule has 2 heterocycles. The molecule has 0 aromatic rings. The van der Waals surface area contributed by atoms with Crippen molar-refractivity contribution in [1.82, 2.24) is 9.62 Å². The van der Waals surface area contributed by atoms with Gasteiger partial charge in [-0.25, -0.2) is 4.39 Å². The molecule has 152 valence electrons. The molecule has 0 aromatic carbocycles. The average molecular weight is 395 g/mol. The molecule has 2 aliphatic carbocycles. The molecule has 4 nitrogen and oxygen atoms in total. The minimum absolute atomic E-state index is 0.370. The van der Waals surface area contributed by atoms with Gasteiger partial charge in [0.05, 0.1) is 12.0 Å². The van der Waals surface area contributed by atoms with Crippen LogP contribution in [0.1, 0.15) is 57.8 Å². The first-order valence-electron chi connectivity index (χ1n) is 11.1. The van der Waals surface area contributed by atoms with Gasteiger partial charge in [-0.2, -0.15) is 5.26 Å². The van der Waals surface area contributed by atoms with E-state index in [2.05, 4.69) is 15.7 Å². The van der Waals surface area contributed by atoms with E-state index in [9.17, 15) is 9.65 Å². The zero-order chi connectivity index (χ0) is 18.8. The molecule has 2 saturated carbocycles. The van der Waals surface area contributed by atoms with Gasteiger partial charge in [-0.1, -0.05) is 18.4 Å².